The molecule has 8 heteroatoms. The fraction of sp³-hybridized carbons (Fsp3) is 0.111. The second kappa shape index (κ2) is 4.89. The van der Waals surface area contributed by atoms with Crippen molar-refractivity contribution in [1.29, 1.82) is 0 Å². The third kappa shape index (κ3) is 2.30. The lowest BCUT2D eigenvalue weighted by Crippen LogP contribution is -1.82. The van der Waals surface area contributed by atoms with E-state index in [1.807, 2.05) is 17.7 Å². The van der Waals surface area contributed by atoms with Crippen LogP contribution in [0.1, 0.15) is 0 Å². The highest BCUT2D eigenvalue weighted by Crippen LogP contribution is 2.35. The van der Waals surface area contributed by atoms with Crippen molar-refractivity contribution in [2.75, 3.05) is 6.26 Å². The van der Waals surface area contributed by atoms with Crippen molar-refractivity contribution in [1.82, 2.24) is 20.2 Å². The zero-order chi connectivity index (χ0) is 11.7. The molecule has 0 aromatic carbocycles. The smallest absolute Gasteiger partial charge is 0.181 e. The average molecular weight is 298 g/mol. The molecule has 0 aliphatic carbocycles. The van der Waals surface area contributed by atoms with Crippen LogP contribution in [0.2, 0.25) is 0 Å². The van der Waals surface area contributed by atoms with E-state index in [4.69, 9.17) is 0 Å². The van der Waals surface area contributed by atoms with Crippen LogP contribution in [0.25, 0.3) is 10.2 Å². The van der Waals surface area contributed by atoms with Crippen LogP contribution >= 0.6 is 46.2 Å². The predicted octanol–water partition coefficient (Wildman–Crippen LogP) is 3.42. The first-order chi connectivity index (χ1) is 8.36. The first kappa shape index (κ1) is 11.4. The van der Waals surface area contributed by atoms with Gasteiger partial charge in [0, 0.05) is 5.39 Å². The van der Waals surface area contributed by atoms with Gasteiger partial charge in [0.2, 0.25) is 0 Å². The number of thiophene rings is 1. The van der Waals surface area contributed by atoms with Gasteiger partial charge in [0.25, 0.3) is 0 Å². The molecule has 0 saturated carbocycles. The molecule has 0 fully saturated rings. The first-order valence-electron chi connectivity index (χ1n) is 4.60. The molecule has 3 aromatic rings. The number of rotatable bonds is 3. The summed E-state index contributed by atoms with van der Waals surface area (Å²) in [5.41, 5.74) is 0. The molecule has 3 heterocycles. The van der Waals surface area contributed by atoms with E-state index >= 15 is 0 Å². The van der Waals surface area contributed by atoms with Gasteiger partial charge in [-0.3, -0.25) is 0 Å². The minimum atomic E-state index is 0.917. The lowest BCUT2D eigenvalue weighted by molar-refractivity contribution is 0.954. The minimum Gasteiger partial charge on any atom is -0.229 e. The molecule has 0 radical (unpaired) electrons. The summed E-state index contributed by atoms with van der Waals surface area (Å²) in [6.07, 6.45) is 3.59. The molecule has 0 aliphatic heterocycles. The van der Waals surface area contributed by atoms with Gasteiger partial charge in [0.05, 0.1) is 0 Å². The molecule has 0 saturated heterocycles. The summed E-state index contributed by atoms with van der Waals surface area (Å²) >= 11 is 6.36. The molecule has 0 atom stereocenters. The van der Waals surface area contributed by atoms with Gasteiger partial charge in [0.1, 0.15) is 16.2 Å². The summed E-state index contributed by atoms with van der Waals surface area (Å²) in [5.74, 6) is 0. The monoisotopic (exact) mass is 298 g/mol. The number of nitrogens with zero attached hydrogens (tertiary/aromatic N) is 4. The molecule has 0 unspecified atom stereocenters. The van der Waals surface area contributed by atoms with Crippen LogP contribution < -0.4 is 0 Å². The van der Waals surface area contributed by atoms with Crippen LogP contribution in [0, 0.1) is 0 Å². The second-order valence-electron chi connectivity index (χ2n) is 2.96. The molecular formula is C9H6N4S4. The maximum Gasteiger partial charge on any atom is 0.181 e. The van der Waals surface area contributed by atoms with Gasteiger partial charge in [-0.05, 0) is 29.5 Å². The Morgan fingerprint density at radius 2 is 2.06 bits per heavy atom. The molecule has 3 aromatic heterocycles. The molecule has 3 rings (SSSR count). The van der Waals surface area contributed by atoms with E-state index in [-0.39, 0.29) is 0 Å². The molecule has 0 spiro atoms. The van der Waals surface area contributed by atoms with Crippen molar-refractivity contribution in [3.05, 3.63) is 17.8 Å². The lowest BCUT2D eigenvalue weighted by Gasteiger charge is -1.96. The number of hydrogen-bond donors (Lipinski definition) is 0. The summed E-state index contributed by atoms with van der Waals surface area (Å²) in [4.78, 5) is 9.53. The van der Waals surface area contributed by atoms with Crippen molar-refractivity contribution in [3.8, 4) is 0 Å². The standard InChI is InChI=1S/C9H6N4S4/c1-14-8-12-13-9(17-8)16-7-5-2-3-15-6(5)10-4-11-7/h2-4H,1H3. The van der Waals surface area contributed by atoms with Crippen LogP contribution in [0.15, 0.2) is 31.5 Å². The van der Waals surface area contributed by atoms with E-state index in [9.17, 15) is 0 Å². The SMILES string of the molecule is CSc1nnc(Sc2ncnc3sccc23)s1. The maximum atomic E-state index is 4.30. The van der Waals surface area contributed by atoms with E-state index in [2.05, 4.69) is 20.2 Å². The van der Waals surface area contributed by atoms with Crippen LogP contribution in [-0.2, 0) is 0 Å². The van der Waals surface area contributed by atoms with Gasteiger partial charge in [-0.15, -0.1) is 21.5 Å². The van der Waals surface area contributed by atoms with Crippen LogP contribution in [0.3, 0.4) is 0 Å². The van der Waals surface area contributed by atoms with E-state index in [0.717, 1.165) is 23.9 Å². The number of aromatic nitrogens is 4. The zero-order valence-corrected chi connectivity index (χ0v) is 11.9. The van der Waals surface area contributed by atoms with Gasteiger partial charge >= 0.3 is 0 Å². The molecule has 86 valence electrons. The molecule has 0 amide bonds. The number of hydrogen-bond acceptors (Lipinski definition) is 8. The van der Waals surface area contributed by atoms with E-state index in [1.165, 1.54) is 0 Å². The number of thioether (sulfide) groups is 1. The fourth-order valence-corrected chi connectivity index (χ4v) is 4.47. The fourth-order valence-electron chi connectivity index (χ4n) is 1.25. The van der Waals surface area contributed by atoms with E-state index in [1.54, 1.807) is 52.5 Å². The summed E-state index contributed by atoms with van der Waals surface area (Å²) in [5, 5.41) is 12.3. The Morgan fingerprint density at radius 1 is 1.18 bits per heavy atom. The van der Waals surface area contributed by atoms with Crippen LogP contribution in [-0.4, -0.2) is 26.4 Å². The van der Waals surface area contributed by atoms with Gasteiger partial charge < -0.3 is 0 Å². The summed E-state index contributed by atoms with van der Waals surface area (Å²) in [7, 11) is 0. The highest BCUT2D eigenvalue weighted by molar-refractivity contribution is 8.03. The van der Waals surface area contributed by atoms with E-state index < -0.39 is 0 Å². The van der Waals surface area contributed by atoms with Gasteiger partial charge in [-0.25, -0.2) is 9.97 Å². The van der Waals surface area contributed by atoms with Crippen LogP contribution in [0.5, 0.6) is 0 Å². The zero-order valence-electron chi connectivity index (χ0n) is 8.65. The first-order valence-corrected chi connectivity index (χ1v) is 8.34. The molecule has 0 bridgehead atoms. The van der Waals surface area contributed by atoms with Gasteiger partial charge in [-0.2, -0.15) is 0 Å². The Bertz CT molecular complexity index is 647. The third-order valence-electron chi connectivity index (χ3n) is 1.97. The average Bonchev–Trinajstić information content (AvgIpc) is 2.97. The summed E-state index contributed by atoms with van der Waals surface area (Å²) in [6, 6.07) is 2.04. The lowest BCUT2D eigenvalue weighted by atomic mass is 10.4. The molecule has 0 N–H and O–H groups in total. The molecule has 17 heavy (non-hydrogen) atoms. The number of fused-ring (bicyclic) bond motifs is 1. The quantitative estimate of drug-likeness (QED) is 0.545. The Hall–Kier alpha value is -0.700. The van der Waals surface area contributed by atoms with Crippen molar-refractivity contribution >= 4 is 56.4 Å². The third-order valence-corrected chi connectivity index (χ3v) is 5.76. The largest absolute Gasteiger partial charge is 0.229 e. The highest BCUT2D eigenvalue weighted by Gasteiger charge is 2.10. The Balaban J connectivity index is 1.96. The Labute approximate surface area is 114 Å². The van der Waals surface area contributed by atoms with Crippen molar-refractivity contribution < 1.29 is 0 Å². The molecule has 0 aliphatic rings. The van der Waals surface area contributed by atoms with Crippen molar-refractivity contribution in [2.24, 2.45) is 0 Å². The summed E-state index contributed by atoms with van der Waals surface area (Å²) < 4.78 is 1.89. The maximum absolute atomic E-state index is 4.30. The molecular weight excluding hydrogens is 292 g/mol. The topological polar surface area (TPSA) is 51.6 Å². The van der Waals surface area contributed by atoms with E-state index in [0.29, 0.717) is 0 Å². The second-order valence-corrected chi connectivity index (χ2v) is 7.12. The molecule has 4 nitrogen and oxygen atoms in total. The van der Waals surface area contributed by atoms with Crippen molar-refractivity contribution in [2.45, 2.75) is 13.7 Å². The summed E-state index contributed by atoms with van der Waals surface area (Å²) in [6.45, 7) is 0. The minimum absolute atomic E-state index is 0.917. The Morgan fingerprint density at radius 3 is 2.88 bits per heavy atom. The predicted molar refractivity (Wildman–Crippen MR) is 73.2 cm³/mol. The van der Waals surface area contributed by atoms with Crippen molar-refractivity contribution in [3.63, 3.8) is 0 Å². The normalized spacial score (nSPS) is 11.1. The van der Waals surface area contributed by atoms with Gasteiger partial charge in [0.15, 0.2) is 8.68 Å². The Kier molecular flexibility index (Phi) is 3.28. The van der Waals surface area contributed by atoms with Gasteiger partial charge in [-0.1, -0.05) is 23.1 Å². The van der Waals surface area contributed by atoms with Crippen LogP contribution in [0.4, 0.5) is 0 Å². The highest BCUT2D eigenvalue weighted by atomic mass is 32.2.